The van der Waals surface area contributed by atoms with E-state index in [0.29, 0.717) is 16.1 Å². The lowest BCUT2D eigenvalue weighted by molar-refractivity contribution is 0.101. The second-order valence-corrected chi connectivity index (χ2v) is 6.92. The molecular formula is C17H14ClNO3S. The predicted octanol–water partition coefficient (Wildman–Crippen LogP) is 2.87. The van der Waals surface area contributed by atoms with E-state index in [1.807, 2.05) is 0 Å². The van der Waals surface area contributed by atoms with Crippen molar-refractivity contribution in [3.05, 3.63) is 64.7 Å². The summed E-state index contributed by atoms with van der Waals surface area (Å²) in [6.45, 7) is 1.47. The van der Waals surface area contributed by atoms with Gasteiger partial charge in [-0.3, -0.25) is 4.79 Å². The molecule has 0 bridgehead atoms. The summed E-state index contributed by atoms with van der Waals surface area (Å²) in [6, 6.07) is 12.8. The molecule has 0 radical (unpaired) electrons. The van der Waals surface area contributed by atoms with E-state index in [4.69, 9.17) is 11.6 Å². The molecule has 4 nitrogen and oxygen atoms in total. The van der Waals surface area contributed by atoms with Crippen molar-refractivity contribution in [2.75, 3.05) is 6.54 Å². The molecule has 0 aliphatic heterocycles. The van der Waals surface area contributed by atoms with Gasteiger partial charge in [0.1, 0.15) is 0 Å². The third-order valence-electron chi connectivity index (χ3n) is 2.98. The normalized spacial score (nSPS) is 10.7. The molecule has 0 saturated heterocycles. The number of benzene rings is 2. The highest BCUT2D eigenvalue weighted by molar-refractivity contribution is 7.89. The summed E-state index contributed by atoms with van der Waals surface area (Å²) >= 11 is 5.78. The van der Waals surface area contributed by atoms with E-state index in [1.54, 1.807) is 36.4 Å². The third-order valence-corrected chi connectivity index (χ3v) is 4.62. The number of ketones is 1. The number of carbonyl (C=O) groups is 1. The number of Topliss-reactive ketones (excluding diaryl/α,β-unsaturated/α-hetero) is 1. The first kappa shape index (κ1) is 17.2. The highest BCUT2D eigenvalue weighted by Crippen LogP contribution is 2.14. The van der Waals surface area contributed by atoms with Crippen molar-refractivity contribution in [2.24, 2.45) is 0 Å². The van der Waals surface area contributed by atoms with Crippen LogP contribution in [0.25, 0.3) is 0 Å². The quantitative estimate of drug-likeness (QED) is 0.683. The Labute approximate surface area is 140 Å². The summed E-state index contributed by atoms with van der Waals surface area (Å²) in [5.41, 5.74) is 1.31. The van der Waals surface area contributed by atoms with Gasteiger partial charge in [-0.15, -0.1) is 0 Å². The lowest BCUT2D eigenvalue weighted by Crippen LogP contribution is -2.23. The van der Waals surface area contributed by atoms with Gasteiger partial charge in [0.15, 0.2) is 5.78 Å². The maximum Gasteiger partial charge on any atom is 0.241 e. The van der Waals surface area contributed by atoms with Gasteiger partial charge in [-0.1, -0.05) is 41.6 Å². The van der Waals surface area contributed by atoms with Crippen LogP contribution >= 0.6 is 11.6 Å². The largest absolute Gasteiger partial charge is 0.295 e. The number of rotatable bonds is 4. The number of nitrogens with one attached hydrogen (secondary N) is 1. The zero-order valence-electron chi connectivity index (χ0n) is 12.3. The Morgan fingerprint density at radius 3 is 2.48 bits per heavy atom. The molecule has 0 spiro atoms. The summed E-state index contributed by atoms with van der Waals surface area (Å²) in [5.74, 6) is 5.55. The molecule has 6 heteroatoms. The predicted molar refractivity (Wildman–Crippen MR) is 90.0 cm³/mol. The second-order valence-electron chi connectivity index (χ2n) is 4.72. The van der Waals surface area contributed by atoms with Crippen LogP contribution in [0.3, 0.4) is 0 Å². The van der Waals surface area contributed by atoms with Gasteiger partial charge in [0.25, 0.3) is 0 Å². The number of hydrogen-bond acceptors (Lipinski definition) is 3. The summed E-state index contributed by atoms with van der Waals surface area (Å²) in [6.07, 6.45) is 0. The molecule has 23 heavy (non-hydrogen) atoms. The second kappa shape index (κ2) is 7.42. The van der Waals surface area contributed by atoms with E-state index in [0.717, 1.165) is 0 Å². The lowest BCUT2D eigenvalue weighted by atomic mass is 10.1. The maximum atomic E-state index is 12.0. The van der Waals surface area contributed by atoms with Crippen LogP contribution in [0, 0.1) is 11.8 Å². The topological polar surface area (TPSA) is 63.2 Å². The van der Waals surface area contributed by atoms with Crippen LogP contribution in [-0.2, 0) is 10.0 Å². The standard InChI is InChI=1S/C17H14ClNO3S/c1-13(20)15-9-7-14(8-10-15)4-3-11-19-23(21,22)17-6-2-5-16(18)12-17/h2,5-10,12,19H,11H2,1H3. The molecule has 2 aromatic rings. The summed E-state index contributed by atoms with van der Waals surface area (Å²) in [7, 11) is -3.64. The van der Waals surface area contributed by atoms with E-state index in [9.17, 15) is 13.2 Å². The van der Waals surface area contributed by atoms with Crippen LogP contribution in [0.15, 0.2) is 53.4 Å². The van der Waals surface area contributed by atoms with Crippen LogP contribution in [0.2, 0.25) is 5.02 Å². The highest BCUT2D eigenvalue weighted by Gasteiger charge is 2.12. The van der Waals surface area contributed by atoms with Crippen molar-refractivity contribution in [1.82, 2.24) is 4.72 Å². The number of halogens is 1. The molecule has 0 aliphatic rings. The van der Waals surface area contributed by atoms with Gasteiger partial charge in [0.2, 0.25) is 10.0 Å². The SMILES string of the molecule is CC(=O)c1ccc(C#CCNS(=O)(=O)c2cccc(Cl)c2)cc1. The van der Waals surface area contributed by atoms with Gasteiger partial charge in [-0.05, 0) is 37.3 Å². The Hall–Kier alpha value is -2.13. The molecule has 0 saturated carbocycles. The maximum absolute atomic E-state index is 12.0. The average molecular weight is 348 g/mol. The first-order chi connectivity index (χ1) is 10.9. The van der Waals surface area contributed by atoms with Gasteiger partial charge in [0, 0.05) is 16.1 Å². The van der Waals surface area contributed by atoms with Crippen LogP contribution in [0.4, 0.5) is 0 Å². The smallest absolute Gasteiger partial charge is 0.241 e. The van der Waals surface area contributed by atoms with Crippen molar-refractivity contribution in [2.45, 2.75) is 11.8 Å². The Morgan fingerprint density at radius 1 is 1.17 bits per heavy atom. The number of sulfonamides is 1. The number of hydrogen-bond donors (Lipinski definition) is 1. The van der Waals surface area contributed by atoms with E-state index in [2.05, 4.69) is 16.6 Å². The molecule has 0 aliphatic carbocycles. The first-order valence-electron chi connectivity index (χ1n) is 6.73. The zero-order valence-corrected chi connectivity index (χ0v) is 13.9. The number of carbonyl (C=O) groups excluding carboxylic acids is 1. The van der Waals surface area contributed by atoms with Crippen molar-refractivity contribution < 1.29 is 13.2 Å². The van der Waals surface area contributed by atoms with Crippen molar-refractivity contribution >= 4 is 27.4 Å². The van der Waals surface area contributed by atoms with Crippen LogP contribution in [0.5, 0.6) is 0 Å². The lowest BCUT2D eigenvalue weighted by Gasteiger charge is -2.03. The van der Waals surface area contributed by atoms with Crippen LogP contribution in [-0.4, -0.2) is 20.7 Å². The zero-order chi connectivity index (χ0) is 16.9. The third kappa shape index (κ3) is 4.93. The van der Waals surface area contributed by atoms with Crippen molar-refractivity contribution in [3.8, 4) is 11.8 Å². The molecule has 0 unspecified atom stereocenters. The first-order valence-corrected chi connectivity index (χ1v) is 8.60. The van der Waals surface area contributed by atoms with Gasteiger partial charge in [0.05, 0.1) is 11.4 Å². The minimum Gasteiger partial charge on any atom is -0.295 e. The van der Waals surface area contributed by atoms with E-state index < -0.39 is 10.0 Å². The van der Waals surface area contributed by atoms with Gasteiger partial charge in [-0.2, -0.15) is 4.72 Å². The molecule has 0 fully saturated rings. The molecule has 0 aromatic heterocycles. The fourth-order valence-electron chi connectivity index (χ4n) is 1.78. The van der Waals surface area contributed by atoms with Crippen LogP contribution in [0.1, 0.15) is 22.8 Å². The fraction of sp³-hybridized carbons (Fsp3) is 0.118. The minimum atomic E-state index is -3.64. The van der Waals surface area contributed by atoms with Crippen molar-refractivity contribution in [3.63, 3.8) is 0 Å². The van der Waals surface area contributed by atoms with Gasteiger partial charge < -0.3 is 0 Å². The Bertz CT molecular complexity index is 878. The van der Waals surface area contributed by atoms with E-state index in [-0.39, 0.29) is 17.2 Å². The van der Waals surface area contributed by atoms with Gasteiger partial charge in [-0.25, -0.2) is 8.42 Å². The summed E-state index contributed by atoms with van der Waals surface area (Å²) in [4.78, 5) is 11.3. The monoisotopic (exact) mass is 347 g/mol. The molecule has 118 valence electrons. The summed E-state index contributed by atoms with van der Waals surface area (Å²) < 4.78 is 26.5. The molecule has 0 atom stereocenters. The Kier molecular flexibility index (Phi) is 5.56. The molecule has 2 rings (SSSR count). The summed E-state index contributed by atoms with van der Waals surface area (Å²) in [5, 5.41) is 0.351. The van der Waals surface area contributed by atoms with Crippen molar-refractivity contribution in [1.29, 1.82) is 0 Å². The minimum absolute atomic E-state index is 0.0150. The molecule has 2 aromatic carbocycles. The van der Waals surface area contributed by atoms with Gasteiger partial charge >= 0.3 is 0 Å². The fourth-order valence-corrected chi connectivity index (χ4v) is 3.01. The molecule has 0 amide bonds. The Balaban J connectivity index is 2.01. The molecular weight excluding hydrogens is 334 g/mol. The van der Waals surface area contributed by atoms with Crippen LogP contribution < -0.4 is 4.72 Å². The highest BCUT2D eigenvalue weighted by atomic mass is 35.5. The van der Waals surface area contributed by atoms with E-state index >= 15 is 0 Å². The molecule has 0 heterocycles. The van der Waals surface area contributed by atoms with E-state index in [1.165, 1.54) is 19.1 Å². The molecule has 1 N–H and O–H groups in total. The average Bonchev–Trinajstić information content (AvgIpc) is 2.52. The Morgan fingerprint density at radius 2 is 1.87 bits per heavy atom.